The van der Waals surface area contributed by atoms with E-state index in [9.17, 15) is 0 Å². The first kappa shape index (κ1) is 27.8. The second kappa shape index (κ2) is 11.0. The lowest BCUT2D eigenvalue weighted by atomic mass is 9.76. The number of anilines is 1. The summed E-state index contributed by atoms with van der Waals surface area (Å²) in [5, 5.41) is 0.787. The lowest BCUT2D eigenvalue weighted by Gasteiger charge is -2.27. The first-order chi connectivity index (χ1) is 18.7. The number of nitrogens with zero attached hydrogens (tertiary/aromatic N) is 2. The average Bonchev–Trinajstić information content (AvgIpc) is 3.29. The fraction of sp³-hybridized carbons (Fsp3) is 0.444. The van der Waals surface area contributed by atoms with Gasteiger partial charge in [0.2, 0.25) is 11.4 Å². The fourth-order valence-corrected chi connectivity index (χ4v) is 7.41. The predicted octanol–water partition coefficient (Wildman–Crippen LogP) is 9.71. The molecule has 2 nitrogen and oxygen atoms in total. The largest absolute Gasteiger partial charge is 0.343 e. The van der Waals surface area contributed by atoms with Crippen molar-refractivity contribution in [3.8, 4) is 0 Å². The molecule has 0 aromatic heterocycles. The Morgan fingerprint density at radius 2 is 1.67 bits per heavy atom. The molecule has 0 atom stereocenters. The van der Waals surface area contributed by atoms with E-state index in [1.807, 2.05) is 0 Å². The summed E-state index contributed by atoms with van der Waals surface area (Å²) in [5.74, 6) is 0. The molecule has 2 aliphatic heterocycles. The van der Waals surface area contributed by atoms with Gasteiger partial charge in [0, 0.05) is 47.5 Å². The normalized spacial score (nSPS) is 20.3. The van der Waals surface area contributed by atoms with Crippen molar-refractivity contribution in [2.75, 3.05) is 18.0 Å². The van der Waals surface area contributed by atoms with Crippen LogP contribution in [0.3, 0.4) is 0 Å². The Morgan fingerprint density at radius 3 is 2.36 bits per heavy atom. The third-order valence-electron chi connectivity index (χ3n) is 8.77. The number of hydrogen-bond donors (Lipinski definition) is 0. The second-order valence-electron chi connectivity index (χ2n) is 12.3. The number of hydrogen-bond acceptors (Lipinski definition) is 1. The highest BCUT2D eigenvalue weighted by Crippen LogP contribution is 2.49. The van der Waals surface area contributed by atoms with Gasteiger partial charge in [-0.05, 0) is 63.2 Å². The molecule has 1 aliphatic carbocycles. The van der Waals surface area contributed by atoms with Gasteiger partial charge in [-0.2, -0.15) is 4.58 Å². The quantitative estimate of drug-likeness (QED) is 0.250. The van der Waals surface area contributed by atoms with Crippen LogP contribution in [0.25, 0.3) is 0 Å². The van der Waals surface area contributed by atoms with Crippen LogP contribution in [0, 0.1) is 0 Å². The standard InChI is InChI=1S/C36H44ClN2/c1-7-24-38-31-20-14-12-18-28(31)35(3,4)33(38)27(26-16-10-9-11-17-26)22-23-30(37)34-36(5,6)29-19-13-15-21-32(29)39(34)25-8-2/h12-16,18-21,23H,7-11,17,24-25H2,1-6H3/q+1. The van der Waals surface area contributed by atoms with Gasteiger partial charge in [-0.3, -0.25) is 0 Å². The van der Waals surface area contributed by atoms with Crippen LogP contribution < -0.4 is 4.90 Å². The summed E-state index contributed by atoms with van der Waals surface area (Å²) in [7, 11) is 0. The van der Waals surface area contributed by atoms with Crippen LogP contribution in [0.2, 0.25) is 0 Å². The first-order valence-corrected chi connectivity index (χ1v) is 15.3. The Hall–Kier alpha value is -2.80. The lowest BCUT2D eigenvalue weighted by molar-refractivity contribution is -0.438. The Labute approximate surface area is 241 Å². The Morgan fingerprint density at radius 1 is 0.949 bits per heavy atom. The molecule has 0 amide bonds. The van der Waals surface area contributed by atoms with Crippen molar-refractivity contribution < 1.29 is 4.58 Å². The molecule has 3 aliphatic rings. The van der Waals surface area contributed by atoms with Crippen molar-refractivity contribution >= 4 is 28.7 Å². The molecule has 39 heavy (non-hydrogen) atoms. The zero-order chi connectivity index (χ0) is 27.8. The summed E-state index contributed by atoms with van der Waals surface area (Å²) >= 11 is 7.30. The van der Waals surface area contributed by atoms with Crippen molar-refractivity contribution in [1.82, 2.24) is 0 Å². The number of para-hydroxylation sites is 2. The Bertz CT molecular complexity index is 1430. The van der Waals surface area contributed by atoms with Crippen molar-refractivity contribution in [1.29, 1.82) is 0 Å². The minimum Gasteiger partial charge on any atom is -0.343 e. The summed E-state index contributed by atoms with van der Waals surface area (Å²) in [4.78, 5) is 2.43. The summed E-state index contributed by atoms with van der Waals surface area (Å²) in [6.07, 6.45) is 11.4. The summed E-state index contributed by atoms with van der Waals surface area (Å²) in [6.45, 7) is 15.8. The van der Waals surface area contributed by atoms with Gasteiger partial charge in [-0.1, -0.05) is 81.8 Å². The molecule has 3 heteroatoms. The molecule has 0 fully saturated rings. The minimum atomic E-state index is -0.171. The molecule has 0 saturated heterocycles. The fourth-order valence-electron chi connectivity index (χ4n) is 7.01. The zero-order valence-corrected chi connectivity index (χ0v) is 25.5. The van der Waals surface area contributed by atoms with Crippen LogP contribution in [0.15, 0.2) is 88.3 Å². The van der Waals surface area contributed by atoms with E-state index in [2.05, 4.69) is 117 Å². The smallest absolute Gasteiger partial charge is 0.209 e. The second-order valence-corrected chi connectivity index (χ2v) is 12.7. The summed E-state index contributed by atoms with van der Waals surface area (Å²) in [5.41, 5.74) is 14.1. The van der Waals surface area contributed by atoms with Crippen LogP contribution in [0.5, 0.6) is 0 Å². The summed E-state index contributed by atoms with van der Waals surface area (Å²) < 4.78 is 2.56. The van der Waals surface area contributed by atoms with Gasteiger partial charge in [-0.25, -0.2) is 0 Å². The Balaban J connectivity index is 1.74. The van der Waals surface area contributed by atoms with E-state index < -0.39 is 0 Å². The molecule has 2 aromatic carbocycles. The topological polar surface area (TPSA) is 6.25 Å². The third-order valence-corrected chi connectivity index (χ3v) is 9.06. The molecule has 0 radical (unpaired) electrons. The van der Waals surface area contributed by atoms with Crippen molar-refractivity contribution in [3.63, 3.8) is 0 Å². The maximum Gasteiger partial charge on any atom is 0.209 e. The number of allylic oxidation sites excluding steroid dienone is 5. The Kier molecular flexibility index (Phi) is 7.82. The first-order valence-electron chi connectivity index (χ1n) is 14.9. The van der Waals surface area contributed by atoms with E-state index in [4.69, 9.17) is 11.6 Å². The molecule has 2 aromatic rings. The van der Waals surface area contributed by atoms with E-state index in [0.717, 1.165) is 43.8 Å². The molecule has 0 unspecified atom stereocenters. The highest BCUT2D eigenvalue weighted by Gasteiger charge is 2.47. The highest BCUT2D eigenvalue weighted by molar-refractivity contribution is 6.32. The molecule has 2 heterocycles. The summed E-state index contributed by atoms with van der Waals surface area (Å²) in [6, 6.07) is 17.7. The minimum absolute atomic E-state index is 0.114. The van der Waals surface area contributed by atoms with Crippen molar-refractivity contribution in [2.45, 2.75) is 90.9 Å². The zero-order valence-electron chi connectivity index (χ0n) is 24.7. The van der Waals surface area contributed by atoms with Gasteiger partial charge in [-0.15, -0.1) is 5.73 Å². The monoisotopic (exact) mass is 539 g/mol. The van der Waals surface area contributed by atoms with Crippen LogP contribution in [0.4, 0.5) is 11.4 Å². The number of benzene rings is 2. The van der Waals surface area contributed by atoms with Crippen LogP contribution in [0.1, 0.15) is 91.2 Å². The number of rotatable bonds is 7. The van der Waals surface area contributed by atoms with Gasteiger partial charge < -0.3 is 4.90 Å². The van der Waals surface area contributed by atoms with Gasteiger partial charge in [0.15, 0.2) is 0 Å². The number of fused-ring (bicyclic) bond motifs is 2. The van der Waals surface area contributed by atoms with Gasteiger partial charge in [0.25, 0.3) is 0 Å². The van der Waals surface area contributed by atoms with Crippen LogP contribution >= 0.6 is 11.6 Å². The predicted molar refractivity (Wildman–Crippen MR) is 168 cm³/mol. The number of halogens is 1. The maximum absolute atomic E-state index is 7.30. The molecular weight excluding hydrogens is 496 g/mol. The molecule has 0 spiro atoms. The van der Waals surface area contributed by atoms with Crippen molar-refractivity contribution in [2.24, 2.45) is 0 Å². The van der Waals surface area contributed by atoms with E-state index in [1.165, 1.54) is 57.9 Å². The maximum atomic E-state index is 7.30. The molecule has 0 saturated carbocycles. The van der Waals surface area contributed by atoms with E-state index >= 15 is 0 Å². The molecular formula is C36H44ClN2+. The van der Waals surface area contributed by atoms with Crippen molar-refractivity contribution in [3.05, 3.63) is 99.4 Å². The molecule has 0 N–H and O–H groups in total. The van der Waals surface area contributed by atoms with Gasteiger partial charge >= 0.3 is 0 Å². The molecule has 204 valence electrons. The van der Waals surface area contributed by atoms with Gasteiger partial charge in [0.1, 0.15) is 6.54 Å². The van der Waals surface area contributed by atoms with E-state index in [0.29, 0.717) is 0 Å². The van der Waals surface area contributed by atoms with Crippen LogP contribution in [-0.2, 0) is 10.8 Å². The molecule has 0 bridgehead atoms. The van der Waals surface area contributed by atoms with Crippen LogP contribution in [-0.4, -0.2) is 23.4 Å². The average molecular weight is 540 g/mol. The van der Waals surface area contributed by atoms with Gasteiger partial charge in [0.05, 0.1) is 16.0 Å². The van der Waals surface area contributed by atoms with E-state index in [1.54, 1.807) is 0 Å². The lowest BCUT2D eigenvalue weighted by Crippen LogP contribution is -2.32. The van der Waals surface area contributed by atoms with E-state index in [-0.39, 0.29) is 10.8 Å². The third kappa shape index (κ3) is 4.77. The molecule has 5 rings (SSSR count). The highest BCUT2D eigenvalue weighted by atomic mass is 35.5. The SMILES string of the molecule is CCCN1C(=C(Cl)C=C=C(C2=CCCCC2)C2=[N+](CCC)c3ccccc3C2(C)C)C(C)(C)c2ccccc21.